The van der Waals surface area contributed by atoms with Crippen LogP contribution in [-0.2, 0) is 9.47 Å². The van der Waals surface area contributed by atoms with Crippen LogP contribution in [0, 0.1) is 23.7 Å². The highest BCUT2D eigenvalue weighted by Gasteiger charge is 2.61. The summed E-state index contributed by atoms with van der Waals surface area (Å²) in [4.78, 5) is 1.33. The highest BCUT2D eigenvalue weighted by molar-refractivity contribution is 7.99. The van der Waals surface area contributed by atoms with Crippen LogP contribution in [-0.4, -0.2) is 24.3 Å². The van der Waals surface area contributed by atoms with Crippen LogP contribution in [0.3, 0.4) is 0 Å². The first kappa shape index (κ1) is 13.9. The summed E-state index contributed by atoms with van der Waals surface area (Å²) in [5.41, 5.74) is 0. The minimum absolute atomic E-state index is 0.199. The lowest BCUT2D eigenvalue weighted by molar-refractivity contribution is -0.293. The van der Waals surface area contributed by atoms with Crippen molar-refractivity contribution in [1.82, 2.24) is 0 Å². The van der Waals surface area contributed by atoms with Crippen molar-refractivity contribution in [2.24, 2.45) is 23.7 Å². The van der Waals surface area contributed by atoms with Gasteiger partial charge in [-0.15, -0.1) is 11.8 Å². The Hall–Kier alpha value is -0.510. The summed E-state index contributed by atoms with van der Waals surface area (Å²) in [5.74, 6) is 4.11. The first-order chi connectivity index (χ1) is 10.8. The minimum Gasteiger partial charge on any atom is -0.347 e. The Morgan fingerprint density at radius 1 is 0.955 bits per heavy atom. The third-order valence-electron chi connectivity index (χ3n) is 6.30. The van der Waals surface area contributed by atoms with Crippen LogP contribution in [0.1, 0.15) is 32.1 Å². The van der Waals surface area contributed by atoms with Crippen molar-refractivity contribution >= 4 is 11.8 Å². The van der Waals surface area contributed by atoms with E-state index in [-0.39, 0.29) is 11.9 Å². The molecule has 2 nitrogen and oxygen atoms in total. The van der Waals surface area contributed by atoms with Gasteiger partial charge < -0.3 is 9.47 Å². The SMILES string of the molecule is c1ccc(SC[C@H]2COC3(O2)C2CC4CC(C2)CC3C4)cc1. The average molecular weight is 316 g/mol. The molecule has 1 atom stereocenters. The second kappa shape index (κ2) is 5.25. The van der Waals surface area contributed by atoms with Gasteiger partial charge in [0.05, 0.1) is 12.7 Å². The van der Waals surface area contributed by atoms with Crippen LogP contribution in [0.5, 0.6) is 0 Å². The molecule has 0 amide bonds. The molecule has 1 aromatic rings. The molecule has 1 aromatic carbocycles. The lowest BCUT2D eigenvalue weighted by Crippen LogP contribution is -2.58. The van der Waals surface area contributed by atoms with Gasteiger partial charge in [0.15, 0.2) is 5.79 Å². The Morgan fingerprint density at radius 2 is 1.64 bits per heavy atom. The van der Waals surface area contributed by atoms with Gasteiger partial charge in [-0.3, -0.25) is 0 Å². The van der Waals surface area contributed by atoms with E-state index in [4.69, 9.17) is 9.47 Å². The molecule has 0 N–H and O–H groups in total. The molecule has 0 aromatic heterocycles. The first-order valence-electron chi connectivity index (χ1n) is 8.81. The van der Waals surface area contributed by atoms with E-state index in [1.54, 1.807) is 0 Å². The predicted molar refractivity (Wildman–Crippen MR) is 87.8 cm³/mol. The van der Waals surface area contributed by atoms with Gasteiger partial charge in [-0.25, -0.2) is 0 Å². The molecule has 4 aliphatic carbocycles. The van der Waals surface area contributed by atoms with Crippen LogP contribution in [0.4, 0.5) is 0 Å². The fourth-order valence-electron chi connectivity index (χ4n) is 5.61. The number of rotatable bonds is 3. The van der Waals surface area contributed by atoms with Crippen molar-refractivity contribution in [3.63, 3.8) is 0 Å². The second-order valence-electron chi connectivity index (χ2n) is 7.70. The molecule has 1 aliphatic heterocycles. The van der Waals surface area contributed by atoms with Crippen LogP contribution in [0.2, 0.25) is 0 Å². The van der Waals surface area contributed by atoms with E-state index in [1.165, 1.54) is 37.0 Å². The summed E-state index contributed by atoms with van der Waals surface area (Å²) in [5, 5.41) is 0. The Kier molecular flexibility index (Phi) is 3.32. The second-order valence-corrected chi connectivity index (χ2v) is 8.79. The summed E-state index contributed by atoms with van der Waals surface area (Å²) in [7, 11) is 0. The molecule has 0 radical (unpaired) electrons. The van der Waals surface area contributed by atoms with E-state index in [9.17, 15) is 0 Å². The molecule has 1 saturated heterocycles. The molecule has 1 heterocycles. The zero-order valence-electron chi connectivity index (χ0n) is 12.9. The van der Waals surface area contributed by atoms with Gasteiger partial charge in [0.2, 0.25) is 0 Å². The smallest absolute Gasteiger partial charge is 0.174 e. The van der Waals surface area contributed by atoms with Crippen LogP contribution < -0.4 is 0 Å². The van der Waals surface area contributed by atoms with Crippen LogP contribution in [0.25, 0.3) is 0 Å². The molecule has 1 spiro atoms. The Balaban J connectivity index is 1.27. The average Bonchev–Trinajstić information content (AvgIpc) is 2.96. The number of hydrogen-bond donors (Lipinski definition) is 0. The third kappa shape index (κ3) is 2.16. The number of benzene rings is 1. The predicted octanol–water partition coefficient (Wildman–Crippen LogP) is 4.35. The van der Waals surface area contributed by atoms with E-state index >= 15 is 0 Å². The number of thioether (sulfide) groups is 1. The van der Waals surface area contributed by atoms with E-state index in [0.29, 0.717) is 11.8 Å². The van der Waals surface area contributed by atoms with Gasteiger partial charge in [-0.2, -0.15) is 0 Å². The largest absolute Gasteiger partial charge is 0.347 e. The summed E-state index contributed by atoms with van der Waals surface area (Å²) >= 11 is 1.90. The summed E-state index contributed by atoms with van der Waals surface area (Å²) < 4.78 is 13.0. The lowest BCUT2D eigenvalue weighted by Gasteiger charge is -2.58. The maximum Gasteiger partial charge on any atom is 0.174 e. The van der Waals surface area contributed by atoms with Gasteiger partial charge in [0.25, 0.3) is 0 Å². The van der Waals surface area contributed by atoms with Gasteiger partial charge in [-0.05, 0) is 56.1 Å². The molecule has 3 heteroatoms. The van der Waals surface area contributed by atoms with Gasteiger partial charge in [0, 0.05) is 22.5 Å². The summed E-state index contributed by atoms with van der Waals surface area (Å²) in [6, 6.07) is 10.6. The van der Waals surface area contributed by atoms with Gasteiger partial charge in [-0.1, -0.05) is 18.2 Å². The fourth-order valence-corrected chi connectivity index (χ4v) is 6.50. The first-order valence-corrected chi connectivity index (χ1v) is 9.80. The van der Waals surface area contributed by atoms with Crippen molar-refractivity contribution < 1.29 is 9.47 Å². The zero-order valence-corrected chi connectivity index (χ0v) is 13.8. The van der Waals surface area contributed by atoms with Crippen LogP contribution in [0.15, 0.2) is 35.2 Å². The Bertz CT molecular complexity index is 516. The quantitative estimate of drug-likeness (QED) is 0.773. The van der Waals surface area contributed by atoms with Crippen molar-refractivity contribution in [2.45, 2.75) is 48.9 Å². The highest BCUT2D eigenvalue weighted by Crippen LogP contribution is 2.61. The molecule has 118 valence electrons. The molecule has 4 bridgehead atoms. The standard InChI is InChI=1S/C19H24O2S/c1-2-4-18(5-3-1)22-12-17-11-20-19(21-17)15-7-13-6-14(9-15)10-16(19)8-13/h1-5,13-17H,6-12H2/t13?,14?,15?,16?,17-,19?/m1/s1. The molecule has 0 unspecified atom stereocenters. The van der Waals surface area contributed by atoms with E-state index in [0.717, 1.165) is 24.2 Å². The number of ether oxygens (including phenoxy) is 2. The Labute approximate surface area is 137 Å². The van der Waals surface area contributed by atoms with Crippen LogP contribution >= 0.6 is 11.8 Å². The fraction of sp³-hybridized carbons (Fsp3) is 0.684. The van der Waals surface area contributed by atoms with E-state index in [2.05, 4.69) is 30.3 Å². The van der Waals surface area contributed by atoms with Gasteiger partial charge >= 0.3 is 0 Å². The molecule has 22 heavy (non-hydrogen) atoms. The lowest BCUT2D eigenvalue weighted by atomic mass is 9.53. The van der Waals surface area contributed by atoms with Gasteiger partial charge in [0.1, 0.15) is 0 Å². The zero-order chi connectivity index (χ0) is 14.6. The monoisotopic (exact) mass is 316 g/mol. The molecule has 4 saturated carbocycles. The van der Waals surface area contributed by atoms with Crippen molar-refractivity contribution in [1.29, 1.82) is 0 Å². The van der Waals surface area contributed by atoms with E-state index in [1.807, 2.05) is 11.8 Å². The van der Waals surface area contributed by atoms with Crippen molar-refractivity contribution in [3.8, 4) is 0 Å². The highest BCUT2D eigenvalue weighted by atomic mass is 32.2. The minimum atomic E-state index is -0.199. The molecule has 5 aliphatic rings. The summed E-state index contributed by atoms with van der Waals surface area (Å²) in [6.07, 6.45) is 7.16. The third-order valence-corrected chi connectivity index (χ3v) is 7.44. The summed E-state index contributed by atoms with van der Waals surface area (Å²) in [6.45, 7) is 0.794. The Morgan fingerprint density at radius 3 is 2.32 bits per heavy atom. The maximum absolute atomic E-state index is 6.60. The topological polar surface area (TPSA) is 18.5 Å². The molecular weight excluding hydrogens is 292 g/mol. The number of hydrogen-bond acceptors (Lipinski definition) is 3. The van der Waals surface area contributed by atoms with Crippen molar-refractivity contribution in [3.05, 3.63) is 30.3 Å². The maximum atomic E-state index is 6.60. The molecule has 5 fully saturated rings. The molecular formula is C19H24O2S. The normalized spacial score (nSPS) is 45.7. The van der Waals surface area contributed by atoms with Crippen molar-refractivity contribution in [2.75, 3.05) is 12.4 Å². The van der Waals surface area contributed by atoms with E-state index < -0.39 is 0 Å². The molecule has 6 rings (SSSR count).